The van der Waals surface area contributed by atoms with Crippen LogP contribution in [0.2, 0.25) is 5.28 Å². The summed E-state index contributed by atoms with van der Waals surface area (Å²) >= 11 is 5.74. The van der Waals surface area contributed by atoms with Crippen LogP contribution in [0.15, 0.2) is 30.6 Å². The van der Waals surface area contributed by atoms with Crippen molar-refractivity contribution in [2.75, 3.05) is 14.2 Å². The molecule has 3 rings (SSSR count). The van der Waals surface area contributed by atoms with E-state index in [-0.39, 0.29) is 11.1 Å². The number of halogens is 2. The molecule has 24 heavy (non-hydrogen) atoms. The molecule has 1 heterocycles. The average molecular weight is 347 g/mol. The molecule has 0 fully saturated rings. The topological polar surface area (TPSA) is 44.2 Å². The van der Waals surface area contributed by atoms with Gasteiger partial charge in [0.2, 0.25) is 5.28 Å². The van der Waals surface area contributed by atoms with Crippen LogP contribution >= 0.6 is 11.6 Å². The van der Waals surface area contributed by atoms with Crippen molar-refractivity contribution in [1.82, 2.24) is 9.97 Å². The Bertz CT molecular complexity index is 898. The minimum atomic E-state index is -0.326. The Labute approximate surface area is 144 Å². The molecule has 0 saturated carbocycles. The van der Waals surface area contributed by atoms with Gasteiger partial charge in [-0.05, 0) is 47.9 Å². The first kappa shape index (κ1) is 16.5. The van der Waals surface area contributed by atoms with Crippen molar-refractivity contribution in [3.63, 3.8) is 0 Å². The Morgan fingerprint density at radius 1 is 1.04 bits per heavy atom. The smallest absolute Gasteiger partial charge is 0.222 e. The molecule has 2 aromatic carbocycles. The highest BCUT2D eigenvalue weighted by atomic mass is 35.5. The molecule has 0 saturated heterocycles. The van der Waals surface area contributed by atoms with Gasteiger partial charge in [-0.15, -0.1) is 0 Å². The Hall–Kier alpha value is -2.40. The van der Waals surface area contributed by atoms with Gasteiger partial charge in [-0.1, -0.05) is 0 Å². The van der Waals surface area contributed by atoms with Gasteiger partial charge in [0.1, 0.15) is 17.3 Å². The minimum Gasteiger partial charge on any atom is -0.496 e. The molecule has 4 nitrogen and oxygen atoms in total. The fourth-order valence-corrected chi connectivity index (χ4v) is 3.02. The lowest BCUT2D eigenvalue weighted by molar-refractivity contribution is 0.404. The summed E-state index contributed by atoms with van der Waals surface area (Å²) in [6.07, 6.45) is 3.85. The molecule has 0 unspecified atom stereocenters. The third kappa shape index (κ3) is 2.87. The number of nitrogens with zero attached hydrogens (tertiary/aromatic N) is 2. The average Bonchev–Trinajstić information content (AvgIpc) is 2.58. The molecule has 0 aliphatic rings. The third-order valence-corrected chi connectivity index (χ3v) is 4.20. The van der Waals surface area contributed by atoms with Crippen LogP contribution in [0.3, 0.4) is 0 Å². The molecule has 6 heteroatoms. The van der Waals surface area contributed by atoms with Crippen molar-refractivity contribution in [1.29, 1.82) is 0 Å². The van der Waals surface area contributed by atoms with Crippen LogP contribution in [0.1, 0.15) is 16.7 Å². The fraction of sp³-hybridized carbons (Fsp3) is 0.222. The lowest BCUT2D eigenvalue weighted by atomic mass is 9.94. The Kier molecular flexibility index (Phi) is 4.53. The van der Waals surface area contributed by atoms with Gasteiger partial charge >= 0.3 is 0 Å². The zero-order valence-corrected chi connectivity index (χ0v) is 14.3. The zero-order chi connectivity index (χ0) is 17.3. The highest BCUT2D eigenvalue weighted by molar-refractivity contribution is 6.28. The second kappa shape index (κ2) is 6.61. The maximum atomic E-state index is 13.8. The first-order valence-electron chi connectivity index (χ1n) is 7.34. The van der Waals surface area contributed by atoms with E-state index in [1.54, 1.807) is 32.7 Å². The zero-order valence-electron chi connectivity index (χ0n) is 13.6. The van der Waals surface area contributed by atoms with E-state index in [2.05, 4.69) is 9.97 Å². The third-order valence-electron chi connectivity index (χ3n) is 4.00. The van der Waals surface area contributed by atoms with Crippen molar-refractivity contribution in [2.24, 2.45) is 0 Å². The van der Waals surface area contributed by atoms with E-state index in [9.17, 15) is 4.39 Å². The van der Waals surface area contributed by atoms with Gasteiger partial charge < -0.3 is 9.47 Å². The number of aromatic nitrogens is 2. The molecule has 3 aromatic rings. The maximum Gasteiger partial charge on any atom is 0.222 e. The van der Waals surface area contributed by atoms with Crippen LogP contribution in [-0.2, 0) is 6.42 Å². The van der Waals surface area contributed by atoms with Crippen molar-refractivity contribution in [3.05, 3.63) is 58.4 Å². The second-order valence-corrected chi connectivity index (χ2v) is 5.74. The SMILES string of the molecule is COc1c(C)c(Cc2cnc(Cl)nc2)c(OC)c2cc(F)ccc12. The number of methoxy groups -OCH3 is 2. The Balaban J connectivity index is 2.25. The molecular weight excluding hydrogens is 331 g/mol. The van der Waals surface area contributed by atoms with Gasteiger partial charge in [0.25, 0.3) is 0 Å². The van der Waals surface area contributed by atoms with Gasteiger partial charge in [-0.2, -0.15) is 0 Å². The summed E-state index contributed by atoms with van der Waals surface area (Å²) in [5, 5.41) is 1.68. The molecule has 0 aliphatic heterocycles. The van der Waals surface area contributed by atoms with Crippen molar-refractivity contribution >= 4 is 22.4 Å². The predicted molar refractivity (Wildman–Crippen MR) is 91.6 cm³/mol. The molecule has 124 valence electrons. The molecule has 0 N–H and O–H groups in total. The van der Waals surface area contributed by atoms with Crippen molar-refractivity contribution in [3.8, 4) is 11.5 Å². The standard InChI is InChI=1S/C18H16ClFN2O2/c1-10-14(6-11-8-21-18(19)22-9-11)17(24-3)15-7-12(20)4-5-13(15)16(10)23-2/h4-5,7-9H,6H2,1-3H3. The van der Waals surface area contributed by atoms with Crippen LogP contribution in [0, 0.1) is 12.7 Å². The summed E-state index contributed by atoms with van der Waals surface area (Å²) in [7, 11) is 3.18. The molecule has 0 atom stereocenters. The molecule has 0 radical (unpaired) electrons. The summed E-state index contributed by atoms with van der Waals surface area (Å²) < 4.78 is 24.9. The summed E-state index contributed by atoms with van der Waals surface area (Å²) in [4.78, 5) is 8.00. The highest BCUT2D eigenvalue weighted by Crippen LogP contribution is 2.41. The number of hydrogen-bond acceptors (Lipinski definition) is 4. The van der Waals surface area contributed by atoms with Gasteiger partial charge in [0.15, 0.2) is 0 Å². The first-order valence-corrected chi connectivity index (χ1v) is 7.72. The monoisotopic (exact) mass is 346 g/mol. The number of hydrogen-bond donors (Lipinski definition) is 0. The minimum absolute atomic E-state index is 0.195. The number of rotatable bonds is 4. The van der Waals surface area contributed by atoms with Crippen LogP contribution in [0.25, 0.3) is 10.8 Å². The lowest BCUT2D eigenvalue weighted by Gasteiger charge is -2.19. The number of benzene rings is 2. The lowest BCUT2D eigenvalue weighted by Crippen LogP contribution is -2.02. The highest BCUT2D eigenvalue weighted by Gasteiger charge is 2.19. The first-order chi connectivity index (χ1) is 11.5. The largest absolute Gasteiger partial charge is 0.496 e. The van der Waals surface area contributed by atoms with E-state index in [4.69, 9.17) is 21.1 Å². The van der Waals surface area contributed by atoms with E-state index in [0.29, 0.717) is 23.3 Å². The van der Waals surface area contributed by atoms with E-state index in [0.717, 1.165) is 22.1 Å². The van der Waals surface area contributed by atoms with Crippen LogP contribution in [0.4, 0.5) is 4.39 Å². The predicted octanol–water partition coefficient (Wildman–Crippen LogP) is 4.34. The maximum absolute atomic E-state index is 13.8. The molecule has 0 bridgehead atoms. The van der Waals surface area contributed by atoms with Crippen LogP contribution in [0.5, 0.6) is 11.5 Å². The normalized spacial score (nSPS) is 10.9. The van der Waals surface area contributed by atoms with Gasteiger partial charge in [-0.3, -0.25) is 0 Å². The molecule has 1 aromatic heterocycles. The Morgan fingerprint density at radius 2 is 1.71 bits per heavy atom. The van der Waals surface area contributed by atoms with E-state index >= 15 is 0 Å². The summed E-state index contributed by atoms with van der Waals surface area (Å²) in [6.45, 7) is 1.95. The van der Waals surface area contributed by atoms with Crippen molar-refractivity contribution in [2.45, 2.75) is 13.3 Å². The molecular formula is C18H16ClFN2O2. The van der Waals surface area contributed by atoms with Gasteiger partial charge in [0, 0.05) is 35.2 Å². The molecule has 0 amide bonds. The van der Waals surface area contributed by atoms with Crippen LogP contribution in [-0.4, -0.2) is 24.2 Å². The number of fused-ring (bicyclic) bond motifs is 1. The number of ether oxygens (including phenoxy) is 2. The summed E-state index contributed by atoms with van der Waals surface area (Å²) in [5.74, 6) is 1.00. The second-order valence-electron chi connectivity index (χ2n) is 5.40. The molecule has 0 aliphatic carbocycles. The summed E-state index contributed by atoms with van der Waals surface area (Å²) in [6, 6.07) is 4.57. The van der Waals surface area contributed by atoms with E-state index in [1.807, 2.05) is 6.92 Å². The van der Waals surface area contributed by atoms with Crippen LogP contribution < -0.4 is 9.47 Å². The van der Waals surface area contributed by atoms with Crippen molar-refractivity contribution < 1.29 is 13.9 Å². The fourth-order valence-electron chi connectivity index (χ4n) is 2.92. The summed E-state index contributed by atoms with van der Waals surface area (Å²) in [5.41, 5.74) is 2.71. The molecule has 0 spiro atoms. The van der Waals surface area contributed by atoms with E-state index < -0.39 is 0 Å². The van der Waals surface area contributed by atoms with Gasteiger partial charge in [-0.25, -0.2) is 14.4 Å². The Morgan fingerprint density at radius 3 is 2.33 bits per heavy atom. The quantitative estimate of drug-likeness (QED) is 0.659. The van der Waals surface area contributed by atoms with E-state index in [1.165, 1.54) is 12.1 Å². The van der Waals surface area contributed by atoms with Gasteiger partial charge in [0.05, 0.1) is 14.2 Å².